The van der Waals surface area contributed by atoms with Gasteiger partial charge in [0.05, 0.1) is 0 Å². The van der Waals surface area contributed by atoms with Gasteiger partial charge in [-0.1, -0.05) is 51.1 Å². The summed E-state index contributed by atoms with van der Waals surface area (Å²) in [6.45, 7) is 10.5. The molecule has 1 aliphatic carbocycles. The molecule has 1 saturated heterocycles. The average Bonchev–Trinajstić information content (AvgIpc) is 3.22. The zero-order chi connectivity index (χ0) is 18.0. The molecule has 0 amide bonds. The molecular weight excluding hydrogens is 334 g/mol. The smallest absolute Gasteiger partial charge is 0.279 e. The van der Waals surface area contributed by atoms with Gasteiger partial charge in [-0.25, -0.2) is 0 Å². The van der Waals surface area contributed by atoms with Crippen LogP contribution in [-0.2, 0) is 10.2 Å². The Morgan fingerprint density at radius 3 is 2.36 bits per heavy atom. The zero-order valence-electron chi connectivity index (χ0n) is 15.6. The van der Waals surface area contributed by atoms with Gasteiger partial charge in [-0.05, 0) is 30.4 Å². The second kappa shape index (κ2) is 7.74. The Hall–Kier alpha value is -0.950. The minimum absolute atomic E-state index is 0.0198. The van der Waals surface area contributed by atoms with Crippen molar-refractivity contribution in [2.75, 3.05) is 32.7 Å². The van der Waals surface area contributed by atoms with Crippen molar-refractivity contribution in [3.8, 4) is 0 Å². The molecule has 2 aliphatic rings. The van der Waals surface area contributed by atoms with E-state index in [-0.39, 0.29) is 6.04 Å². The lowest BCUT2D eigenvalue weighted by Gasteiger charge is -2.34. The molecule has 2 fully saturated rings. The Bertz CT molecular complexity index is 655. The molecule has 0 unspecified atom stereocenters. The highest BCUT2D eigenvalue weighted by molar-refractivity contribution is 7.87. The summed E-state index contributed by atoms with van der Waals surface area (Å²) in [6, 6.07) is 10.2. The van der Waals surface area contributed by atoms with Crippen LogP contribution in [-0.4, -0.2) is 56.4 Å². The van der Waals surface area contributed by atoms with E-state index in [0.29, 0.717) is 30.8 Å². The number of hydrogen-bond donors (Lipinski definition) is 1. The van der Waals surface area contributed by atoms with Crippen LogP contribution in [0.25, 0.3) is 0 Å². The van der Waals surface area contributed by atoms with Crippen molar-refractivity contribution >= 4 is 10.2 Å². The van der Waals surface area contributed by atoms with E-state index in [2.05, 4.69) is 42.5 Å². The minimum Gasteiger partial charge on any atom is -0.301 e. The highest BCUT2D eigenvalue weighted by Gasteiger charge is 2.50. The second-order valence-electron chi connectivity index (χ2n) is 7.87. The molecule has 1 aromatic rings. The zero-order valence-corrected chi connectivity index (χ0v) is 16.4. The number of nitrogens with zero attached hydrogens (tertiary/aromatic N) is 2. The van der Waals surface area contributed by atoms with Crippen LogP contribution in [0, 0.1) is 11.8 Å². The van der Waals surface area contributed by atoms with E-state index >= 15 is 0 Å². The van der Waals surface area contributed by atoms with Crippen LogP contribution in [0.2, 0.25) is 0 Å². The van der Waals surface area contributed by atoms with E-state index in [1.54, 1.807) is 4.31 Å². The van der Waals surface area contributed by atoms with Gasteiger partial charge in [-0.3, -0.25) is 0 Å². The average molecular weight is 366 g/mol. The van der Waals surface area contributed by atoms with Crippen molar-refractivity contribution in [3.63, 3.8) is 0 Å². The fourth-order valence-corrected chi connectivity index (χ4v) is 5.21. The van der Waals surface area contributed by atoms with Crippen molar-refractivity contribution in [1.29, 1.82) is 0 Å². The Morgan fingerprint density at radius 1 is 1.12 bits per heavy atom. The van der Waals surface area contributed by atoms with E-state index in [0.717, 1.165) is 19.6 Å². The predicted octanol–water partition coefficient (Wildman–Crippen LogP) is 2.29. The van der Waals surface area contributed by atoms with Crippen molar-refractivity contribution in [2.24, 2.45) is 11.8 Å². The van der Waals surface area contributed by atoms with Crippen LogP contribution in [0.3, 0.4) is 0 Å². The van der Waals surface area contributed by atoms with Gasteiger partial charge in [0.2, 0.25) is 0 Å². The van der Waals surface area contributed by atoms with Crippen LogP contribution >= 0.6 is 0 Å². The Kier molecular flexibility index (Phi) is 5.83. The SMILES string of the molecule is CC(C)CCN1CCN(S(=O)(=O)N[C@H]2[C@H](C)[C@@H]2c2ccccc2)CC1. The number of benzene rings is 1. The van der Waals surface area contributed by atoms with Crippen molar-refractivity contribution in [2.45, 2.75) is 39.2 Å². The summed E-state index contributed by atoms with van der Waals surface area (Å²) in [4.78, 5) is 2.37. The molecule has 6 heteroatoms. The van der Waals surface area contributed by atoms with Crippen LogP contribution < -0.4 is 4.72 Å². The monoisotopic (exact) mass is 365 g/mol. The van der Waals surface area contributed by atoms with E-state index < -0.39 is 10.2 Å². The minimum atomic E-state index is -3.39. The van der Waals surface area contributed by atoms with Gasteiger partial charge < -0.3 is 4.90 Å². The van der Waals surface area contributed by atoms with E-state index in [1.165, 1.54) is 12.0 Å². The summed E-state index contributed by atoms with van der Waals surface area (Å²) in [6.07, 6.45) is 1.17. The predicted molar refractivity (Wildman–Crippen MR) is 102 cm³/mol. The van der Waals surface area contributed by atoms with Gasteiger partial charge in [0.25, 0.3) is 10.2 Å². The van der Waals surface area contributed by atoms with E-state index in [1.807, 2.05) is 18.2 Å². The molecule has 140 valence electrons. The van der Waals surface area contributed by atoms with Crippen LogP contribution in [0.15, 0.2) is 30.3 Å². The summed E-state index contributed by atoms with van der Waals surface area (Å²) in [7, 11) is -3.39. The molecule has 1 aliphatic heterocycles. The molecule has 1 N–H and O–H groups in total. The standard InChI is InChI=1S/C19H31N3O2S/c1-15(2)9-10-21-11-13-22(14-12-21)25(23,24)20-19-16(3)18(19)17-7-5-4-6-8-17/h4-8,15-16,18-20H,9-14H2,1-3H3/t16-,18-,19+/m1/s1. The van der Waals surface area contributed by atoms with Gasteiger partial charge >= 0.3 is 0 Å². The molecule has 5 nitrogen and oxygen atoms in total. The summed E-state index contributed by atoms with van der Waals surface area (Å²) in [5.41, 5.74) is 1.22. The number of nitrogens with one attached hydrogen (secondary N) is 1. The Balaban J connectivity index is 1.52. The van der Waals surface area contributed by atoms with Crippen molar-refractivity contribution < 1.29 is 8.42 Å². The Labute approximate surface area is 152 Å². The second-order valence-corrected chi connectivity index (χ2v) is 9.57. The van der Waals surface area contributed by atoms with Crippen LogP contribution in [0.5, 0.6) is 0 Å². The molecule has 0 aromatic heterocycles. The molecule has 1 heterocycles. The maximum absolute atomic E-state index is 12.7. The van der Waals surface area contributed by atoms with Crippen LogP contribution in [0.1, 0.15) is 38.7 Å². The molecule has 3 rings (SSSR count). The molecule has 3 atom stereocenters. The number of rotatable bonds is 7. The first-order valence-electron chi connectivity index (χ1n) is 9.43. The first-order valence-corrected chi connectivity index (χ1v) is 10.9. The normalized spacial score (nSPS) is 28.4. The fraction of sp³-hybridized carbons (Fsp3) is 0.684. The maximum atomic E-state index is 12.7. The fourth-order valence-electron chi connectivity index (χ4n) is 3.71. The third-order valence-corrected chi connectivity index (χ3v) is 7.16. The lowest BCUT2D eigenvalue weighted by Crippen LogP contribution is -2.52. The third kappa shape index (κ3) is 4.61. The summed E-state index contributed by atoms with van der Waals surface area (Å²) < 4.78 is 30.0. The van der Waals surface area contributed by atoms with Gasteiger partial charge in [0.15, 0.2) is 0 Å². The van der Waals surface area contributed by atoms with E-state index in [4.69, 9.17) is 0 Å². The number of hydrogen-bond acceptors (Lipinski definition) is 3. The first kappa shape index (κ1) is 18.8. The highest BCUT2D eigenvalue weighted by Crippen LogP contribution is 2.47. The first-order chi connectivity index (χ1) is 11.9. The van der Waals surface area contributed by atoms with Gasteiger partial charge in [0, 0.05) is 38.1 Å². The molecular formula is C19H31N3O2S. The summed E-state index contributed by atoms with van der Waals surface area (Å²) in [5, 5.41) is 0. The largest absolute Gasteiger partial charge is 0.301 e. The van der Waals surface area contributed by atoms with E-state index in [9.17, 15) is 8.42 Å². The van der Waals surface area contributed by atoms with Gasteiger partial charge in [0.1, 0.15) is 0 Å². The highest BCUT2D eigenvalue weighted by atomic mass is 32.2. The Morgan fingerprint density at radius 2 is 1.76 bits per heavy atom. The molecule has 0 spiro atoms. The lowest BCUT2D eigenvalue weighted by atomic mass is 10.1. The molecule has 1 saturated carbocycles. The summed E-state index contributed by atoms with van der Waals surface area (Å²) >= 11 is 0. The molecule has 0 bridgehead atoms. The van der Waals surface area contributed by atoms with Crippen molar-refractivity contribution in [1.82, 2.24) is 13.9 Å². The van der Waals surface area contributed by atoms with Gasteiger partial charge in [-0.2, -0.15) is 17.4 Å². The molecule has 1 aromatic carbocycles. The van der Waals surface area contributed by atoms with Crippen LogP contribution in [0.4, 0.5) is 0 Å². The maximum Gasteiger partial charge on any atom is 0.279 e. The number of piperazine rings is 1. The molecule has 25 heavy (non-hydrogen) atoms. The summed E-state index contributed by atoms with van der Waals surface area (Å²) in [5.74, 6) is 1.34. The van der Waals surface area contributed by atoms with Crippen molar-refractivity contribution in [3.05, 3.63) is 35.9 Å². The molecule has 0 radical (unpaired) electrons. The third-order valence-electron chi connectivity index (χ3n) is 5.54. The quantitative estimate of drug-likeness (QED) is 0.807. The topological polar surface area (TPSA) is 52.7 Å². The van der Waals surface area contributed by atoms with Gasteiger partial charge in [-0.15, -0.1) is 0 Å². The lowest BCUT2D eigenvalue weighted by molar-refractivity contribution is 0.179.